The number of furan rings is 1. The van der Waals surface area contributed by atoms with Crippen LogP contribution in [0.4, 0.5) is 0 Å². The van der Waals surface area contributed by atoms with Crippen molar-refractivity contribution in [3.05, 3.63) is 42.2 Å². The number of hydrogen-bond acceptors (Lipinski definition) is 4. The van der Waals surface area contributed by atoms with E-state index in [0.29, 0.717) is 12.8 Å². The average Bonchev–Trinajstić information content (AvgIpc) is 3.21. The first-order valence-electron chi connectivity index (χ1n) is 11.8. The van der Waals surface area contributed by atoms with Crippen molar-refractivity contribution in [1.82, 2.24) is 0 Å². The largest absolute Gasteiger partial charge is 0.494 e. The Labute approximate surface area is 182 Å². The number of benzene rings is 2. The molecule has 1 heterocycles. The second kappa shape index (κ2) is 8.86. The van der Waals surface area contributed by atoms with Gasteiger partial charge in [0.2, 0.25) is 0 Å². The number of carbonyl (C=O) groups excluding carboxylic acids is 2. The van der Waals surface area contributed by atoms with Crippen LogP contribution in [0.1, 0.15) is 75.7 Å². The monoisotopic (exact) mass is 418 g/mol. The number of ketones is 2. The maximum absolute atomic E-state index is 12.5. The second-order valence-electron chi connectivity index (χ2n) is 9.28. The lowest BCUT2D eigenvalue weighted by Crippen LogP contribution is -2.22. The fraction of sp³-hybridized carbons (Fsp3) is 0.481. The van der Waals surface area contributed by atoms with E-state index in [-0.39, 0.29) is 23.9 Å². The van der Waals surface area contributed by atoms with Crippen molar-refractivity contribution >= 4 is 33.3 Å². The van der Waals surface area contributed by atoms with Crippen LogP contribution in [0.2, 0.25) is 0 Å². The molecule has 1 atom stereocenters. The van der Waals surface area contributed by atoms with E-state index in [1.165, 1.54) is 38.5 Å². The van der Waals surface area contributed by atoms with Crippen LogP contribution in [-0.4, -0.2) is 18.2 Å². The molecule has 0 spiro atoms. The zero-order valence-electron chi connectivity index (χ0n) is 18.0. The van der Waals surface area contributed by atoms with Crippen molar-refractivity contribution in [2.24, 2.45) is 5.92 Å². The molecule has 2 aromatic carbocycles. The van der Waals surface area contributed by atoms with Crippen LogP contribution < -0.4 is 4.74 Å². The topological polar surface area (TPSA) is 56.5 Å². The van der Waals surface area contributed by atoms with Gasteiger partial charge < -0.3 is 9.15 Å². The fourth-order valence-corrected chi connectivity index (χ4v) is 5.45. The summed E-state index contributed by atoms with van der Waals surface area (Å²) in [6.45, 7) is 0.756. The van der Waals surface area contributed by atoms with E-state index >= 15 is 0 Å². The molecule has 4 nitrogen and oxygen atoms in total. The van der Waals surface area contributed by atoms with Gasteiger partial charge in [-0.05, 0) is 60.2 Å². The summed E-state index contributed by atoms with van der Waals surface area (Å²) in [5, 5.41) is 3.15. The minimum atomic E-state index is -0.250. The van der Waals surface area contributed by atoms with Gasteiger partial charge in [0.1, 0.15) is 22.9 Å². The van der Waals surface area contributed by atoms with Crippen LogP contribution in [0, 0.1) is 5.92 Å². The summed E-state index contributed by atoms with van der Waals surface area (Å²) < 4.78 is 11.8. The lowest BCUT2D eigenvalue weighted by atomic mass is 9.81. The van der Waals surface area contributed by atoms with Gasteiger partial charge in [-0.1, -0.05) is 38.2 Å². The molecule has 1 unspecified atom stereocenters. The van der Waals surface area contributed by atoms with Gasteiger partial charge in [-0.25, -0.2) is 0 Å². The van der Waals surface area contributed by atoms with E-state index < -0.39 is 0 Å². The van der Waals surface area contributed by atoms with Crippen molar-refractivity contribution in [3.8, 4) is 5.75 Å². The normalized spacial score (nSPS) is 20.6. The van der Waals surface area contributed by atoms with Crippen molar-refractivity contribution in [2.45, 2.75) is 70.1 Å². The molecule has 2 aliphatic rings. The third kappa shape index (κ3) is 4.26. The van der Waals surface area contributed by atoms with E-state index in [9.17, 15) is 9.59 Å². The Morgan fingerprint density at radius 1 is 1.00 bits per heavy atom. The molecular formula is C27H30O4. The minimum absolute atomic E-state index is 0.00822. The standard InChI is InChI=1S/C27H30O4/c28-20-9-11-23(25(29)16-20)24-17-31-26-13-8-19-15-21(10-12-22(19)27(24)26)30-14-4-7-18-5-2-1-3-6-18/h8,10,12-13,15,17-18,23H,1-7,9,11,14,16H2. The van der Waals surface area contributed by atoms with Gasteiger partial charge in [0.15, 0.2) is 0 Å². The van der Waals surface area contributed by atoms with Crippen molar-refractivity contribution in [2.75, 3.05) is 6.61 Å². The molecule has 0 saturated heterocycles. The van der Waals surface area contributed by atoms with Crippen LogP contribution in [0.5, 0.6) is 5.75 Å². The SMILES string of the molecule is O=C1CCC(c2coc3ccc4cc(OCCCC5CCCCC5)ccc4c23)C(=O)C1. The Hall–Kier alpha value is -2.62. The predicted octanol–water partition coefficient (Wildman–Crippen LogP) is 6.73. The molecule has 4 heteroatoms. The highest BCUT2D eigenvalue weighted by atomic mass is 16.5. The maximum atomic E-state index is 12.5. The molecule has 31 heavy (non-hydrogen) atoms. The van der Waals surface area contributed by atoms with Crippen molar-refractivity contribution in [1.29, 1.82) is 0 Å². The third-order valence-electron chi connectivity index (χ3n) is 7.15. The smallest absolute Gasteiger partial charge is 0.147 e. The van der Waals surface area contributed by atoms with Gasteiger partial charge in [0.05, 0.1) is 19.3 Å². The zero-order valence-corrected chi connectivity index (χ0v) is 18.0. The second-order valence-corrected chi connectivity index (χ2v) is 9.28. The quantitative estimate of drug-likeness (QED) is 0.329. The first kappa shape index (κ1) is 20.3. The van der Waals surface area contributed by atoms with Gasteiger partial charge in [0, 0.05) is 23.3 Å². The number of ether oxygens (including phenoxy) is 1. The summed E-state index contributed by atoms with van der Waals surface area (Å²) in [6.07, 6.45) is 12.1. The first-order chi connectivity index (χ1) is 15.2. The van der Waals surface area contributed by atoms with Gasteiger partial charge in [0.25, 0.3) is 0 Å². The lowest BCUT2D eigenvalue weighted by Gasteiger charge is -2.21. The van der Waals surface area contributed by atoms with Crippen molar-refractivity contribution < 1.29 is 18.7 Å². The van der Waals surface area contributed by atoms with Gasteiger partial charge in [-0.15, -0.1) is 0 Å². The molecule has 0 N–H and O–H groups in total. The third-order valence-corrected chi connectivity index (χ3v) is 7.15. The summed E-state index contributed by atoms with van der Waals surface area (Å²) in [7, 11) is 0. The Kier molecular flexibility index (Phi) is 5.80. The molecule has 1 aromatic heterocycles. The van der Waals surface area contributed by atoms with Crippen LogP contribution in [0.15, 0.2) is 41.0 Å². The number of fused-ring (bicyclic) bond motifs is 3. The van der Waals surface area contributed by atoms with E-state index in [0.717, 1.165) is 52.0 Å². The van der Waals surface area contributed by atoms with Crippen LogP contribution in [0.3, 0.4) is 0 Å². The van der Waals surface area contributed by atoms with Crippen LogP contribution >= 0.6 is 0 Å². The Balaban J connectivity index is 1.33. The van der Waals surface area contributed by atoms with E-state index in [1.54, 1.807) is 6.26 Å². The molecule has 2 fully saturated rings. The zero-order chi connectivity index (χ0) is 21.2. The van der Waals surface area contributed by atoms with E-state index in [4.69, 9.17) is 9.15 Å². The fourth-order valence-electron chi connectivity index (χ4n) is 5.45. The highest BCUT2D eigenvalue weighted by molar-refractivity contribution is 6.11. The Morgan fingerprint density at radius 3 is 2.71 bits per heavy atom. The molecule has 0 aliphatic heterocycles. The predicted molar refractivity (Wildman–Crippen MR) is 122 cm³/mol. The average molecular weight is 419 g/mol. The molecule has 0 radical (unpaired) electrons. The molecule has 0 bridgehead atoms. The Morgan fingerprint density at radius 2 is 1.87 bits per heavy atom. The highest BCUT2D eigenvalue weighted by Gasteiger charge is 2.31. The summed E-state index contributed by atoms with van der Waals surface area (Å²) in [4.78, 5) is 24.2. The molecule has 5 rings (SSSR count). The van der Waals surface area contributed by atoms with Gasteiger partial charge in [-0.2, -0.15) is 0 Å². The lowest BCUT2D eigenvalue weighted by molar-refractivity contribution is -0.130. The molecule has 2 saturated carbocycles. The molecule has 2 aliphatic carbocycles. The van der Waals surface area contributed by atoms with E-state index in [1.807, 2.05) is 18.2 Å². The molecule has 0 amide bonds. The summed E-state index contributed by atoms with van der Waals surface area (Å²) >= 11 is 0. The Bertz CT molecular complexity index is 1100. The molecular weight excluding hydrogens is 388 g/mol. The number of Topliss-reactive ketones (excluding diaryl/α,β-unsaturated/α-hetero) is 2. The highest BCUT2D eigenvalue weighted by Crippen LogP contribution is 2.39. The molecule has 162 valence electrons. The van der Waals surface area contributed by atoms with Crippen LogP contribution in [-0.2, 0) is 9.59 Å². The number of hydrogen-bond donors (Lipinski definition) is 0. The summed E-state index contributed by atoms with van der Waals surface area (Å²) in [5.41, 5.74) is 1.70. The minimum Gasteiger partial charge on any atom is -0.494 e. The van der Waals surface area contributed by atoms with Crippen LogP contribution in [0.25, 0.3) is 21.7 Å². The van der Waals surface area contributed by atoms with E-state index in [2.05, 4.69) is 12.1 Å². The number of carbonyl (C=O) groups is 2. The summed E-state index contributed by atoms with van der Waals surface area (Å²) in [5.74, 6) is 1.58. The van der Waals surface area contributed by atoms with Crippen molar-refractivity contribution in [3.63, 3.8) is 0 Å². The molecule has 3 aromatic rings. The first-order valence-corrected chi connectivity index (χ1v) is 11.8. The van der Waals surface area contributed by atoms with Gasteiger partial charge >= 0.3 is 0 Å². The summed E-state index contributed by atoms with van der Waals surface area (Å²) in [6, 6.07) is 10.2. The number of rotatable bonds is 6. The van der Waals surface area contributed by atoms with Gasteiger partial charge in [-0.3, -0.25) is 9.59 Å². The maximum Gasteiger partial charge on any atom is 0.147 e.